The fraction of sp³-hybridized carbons (Fsp3) is 0.417. The zero-order chi connectivity index (χ0) is 15.3. The average Bonchev–Trinajstić information content (AvgIpc) is 2.42. The van der Waals surface area contributed by atoms with E-state index >= 15 is 0 Å². The molecule has 0 saturated carbocycles. The molecule has 20 heavy (non-hydrogen) atoms. The maximum Gasteiger partial charge on any atom is 0.172 e. The van der Waals surface area contributed by atoms with E-state index in [2.05, 4.69) is 5.16 Å². The van der Waals surface area contributed by atoms with Crippen molar-refractivity contribution in [1.29, 1.82) is 0 Å². The fourth-order valence-electron chi connectivity index (χ4n) is 1.65. The van der Waals surface area contributed by atoms with E-state index in [9.17, 15) is 8.42 Å². The summed E-state index contributed by atoms with van der Waals surface area (Å²) in [4.78, 5) is 1.72. The Kier molecular flexibility index (Phi) is 5.20. The van der Waals surface area contributed by atoms with Gasteiger partial charge in [-0.25, -0.2) is 8.42 Å². The first-order chi connectivity index (χ1) is 9.28. The number of hydrogen-bond acceptors (Lipinski definition) is 6. The molecule has 0 aliphatic rings. The number of hydrogen-bond donors (Lipinski definition) is 2. The molecule has 0 saturated heterocycles. The number of nitrogens with zero attached hydrogens (tertiary/aromatic N) is 2. The van der Waals surface area contributed by atoms with Crippen LogP contribution in [0.5, 0.6) is 5.75 Å². The molecular weight excluding hydrogens is 282 g/mol. The van der Waals surface area contributed by atoms with Crippen LogP contribution < -0.4 is 15.4 Å². The van der Waals surface area contributed by atoms with Crippen molar-refractivity contribution in [2.45, 2.75) is 0 Å². The Bertz CT molecular complexity index is 599. The smallest absolute Gasteiger partial charge is 0.172 e. The predicted octanol–water partition coefficient (Wildman–Crippen LogP) is 0.271. The second-order valence-corrected chi connectivity index (χ2v) is 6.68. The van der Waals surface area contributed by atoms with E-state index in [0.717, 1.165) is 0 Å². The lowest BCUT2D eigenvalue weighted by Gasteiger charge is -2.22. The number of sulfone groups is 1. The molecule has 1 aromatic carbocycles. The van der Waals surface area contributed by atoms with E-state index in [0.29, 0.717) is 17.0 Å². The summed E-state index contributed by atoms with van der Waals surface area (Å²) in [6.45, 7) is 0.289. The Balaban J connectivity index is 3.12. The van der Waals surface area contributed by atoms with Gasteiger partial charge in [-0.15, -0.1) is 0 Å². The van der Waals surface area contributed by atoms with Crippen molar-refractivity contribution < 1.29 is 18.4 Å². The predicted molar refractivity (Wildman–Crippen MR) is 78.5 cm³/mol. The molecule has 112 valence electrons. The second-order valence-electron chi connectivity index (χ2n) is 4.42. The van der Waals surface area contributed by atoms with Gasteiger partial charge in [0.05, 0.1) is 18.6 Å². The van der Waals surface area contributed by atoms with E-state index < -0.39 is 9.84 Å². The van der Waals surface area contributed by atoms with Gasteiger partial charge in [-0.1, -0.05) is 5.16 Å². The summed E-state index contributed by atoms with van der Waals surface area (Å²) in [5.74, 6) is 0.561. The van der Waals surface area contributed by atoms with Gasteiger partial charge in [0.1, 0.15) is 15.6 Å². The molecule has 0 unspecified atom stereocenters. The second kappa shape index (κ2) is 6.47. The maximum atomic E-state index is 11.2. The molecule has 1 rings (SSSR count). The van der Waals surface area contributed by atoms with Gasteiger partial charge in [0.2, 0.25) is 0 Å². The van der Waals surface area contributed by atoms with Crippen LogP contribution in [0, 0.1) is 0 Å². The van der Waals surface area contributed by atoms with Gasteiger partial charge in [-0.2, -0.15) is 0 Å². The van der Waals surface area contributed by atoms with Crippen molar-refractivity contribution in [3.8, 4) is 5.75 Å². The molecule has 0 aliphatic heterocycles. The van der Waals surface area contributed by atoms with Gasteiger partial charge < -0.3 is 20.6 Å². The summed E-state index contributed by atoms with van der Waals surface area (Å²) in [5.41, 5.74) is 6.75. The van der Waals surface area contributed by atoms with Crippen LogP contribution in [-0.4, -0.2) is 52.2 Å². The summed E-state index contributed by atoms with van der Waals surface area (Å²) >= 11 is 0. The highest BCUT2D eigenvalue weighted by molar-refractivity contribution is 7.90. The van der Waals surface area contributed by atoms with Crippen LogP contribution in [0.2, 0.25) is 0 Å². The molecular formula is C12H19N3O4S. The van der Waals surface area contributed by atoms with Crippen LogP contribution in [0.15, 0.2) is 23.4 Å². The quantitative estimate of drug-likeness (QED) is 0.338. The van der Waals surface area contributed by atoms with Crippen molar-refractivity contribution in [3.05, 3.63) is 23.8 Å². The first-order valence-corrected chi connectivity index (χ1v) is 7.89. The van der Waals surface area contributed by atoms with Gasteiger partial charge in [-0.05, 0) is 12.1 Å². The van der Waals surface area contributed by atoms with E-state index in [4.69, 9.17) is 15.7 Å². The summed E-state index contributed by atoms with van der Waals surface area (Å²) in [6, 6.07) is 5.04. The summed E-state index contributed by atoms with van der Waals surface area (Å²) in [5, 5.41) is 11.8. The van der Waals surface area contributed by atoms with E-state index in [1.807, 2.05) is 0 Å². The molecule has 0 fully saturated rings. The van der Waals surface area contributed by atoms with Crippen molar-refractivity contribution in [2.75, 3.05) is 37.6 Å². The van der Waals surface area contributed by atoms with Crippen LogP contribution in [0.4, 0.5) is 5.69 Å². The number of ether oxygens (including phenoxy) is 1. The number of anilines is 1. The highest BCUT2D eigenvalue weighted by Gasteiger charge is 2.14. The molecule has 8 heteroatoms. The van der Waals surface area contributed by atoms with E-state index in [-0.39, 0.29) is 18.1 Å². The molecule has 0 atom stereocenters. The first kappa shape index (κ1) is 16.1. The highest BCUT2D eigenvalue weighted by Crippen LogP contribution is 2.25. The van der Waals surface area contributed by atoms with Gasteiger partial charge >= 0.3 is 0 Å². The topological polar surface area (TPSA) is 105 Å². The zero-order valence-corrected chi connectivity index (χ0v) is 12.5. The molecule has 7 nitrogen and oxygen atoms in total. The summed E-state index contributed by atoms with van der Waals surface area (Å²) in [7, 11) is 0.192. The van der Waals surface area contributed by atoms with Gasteiger partial charge in [0.15, 0.2) is 5.84 Å². The lowest BCUT2D eigenvalue weighted by atomic mass is 10.1. The number of oxime groups is 1. The number of benzene rings is 1. The molecule has 0 aromatic heterocycles. The Hall–Kier alpha value is -1.96. The minimum atomic E-state index is -3.07. The molecule has 0 radical (unpaired) electrons. The third-order valence-corrected chi connectivity index (χ3v) is 3.72. The van der Waals surface area contributed by atoms with Crippen molar-refractivity contribution in [1.82, 2.24) is 0 Å². The maximum absolute atomic E-state index is 11.2. The van der Waals surface area contributed by atoms with Crippen LogP contribution in [0.1, 0.15) is 5.56 Å². The molecule has 1 aromatic rings. The largest absolute Gasteiger partial charge is 0.497 e. The van der Waals surface area contributed by atoms with Gasteiger partial charge in [-0.3, -0.25) is 0 Å². The monoisotopic (exact) mass is 301 g/mol. The fourth-order valence-corrected chi connectivity index (χ4v) is 2.25. The number of methoxy groups -OCH3 is 1. The Morgan fingerprint density at radius 3 is 2.65 bits per heavy atom. The third-order valence-electron chi connectivity index (χ3n) is 2.80. The highest BCUT2D eigenvalue weighted by atomic mass is 32.2. The van der Waals surface area contributed by atoms with Gasteiger partial charge in [0.25, 0.3) is 0 Å². The average molecular weight is 301 g/mol. The summed E-state index contributed by atoms with van der Waals surface area (Å²) < 4.78 is 27.6. The minimum absolute atomic E-state index is 0.0102. The van der Waals surface area contributed by atoms with E-state index in [1.54, 1.807) is 30.1 Å². The number of nitrogens with two attached hydrogens (primary N) is 1. The van der Waals surface area contributed by atoms with Crippen molar-refractivity contribution in [2.24, 2.45) is 10.9 Å². The Labute approximate surface area is 118 Å². The third kappa shape index (κ3) is 4.30. The van der Waals surface area contributed by atoms with E-state index in [1.165, 1.54) is 13.4 Å². The zero-order valence-electron chi connectivity index (χ0n) is 11.7. The van der Waals surface area contributed by atoms with Crippen LogP contribution in [0.3, 0.4) is 0 Å². The number of amidine groups is 1. The van der Waals surface area contributed by atoms with Crippen molar-refractivity contribution in [3.63, 3.8) is 0 Å². The lowest BCUT2D eigenvalue weighted by molar-refractivity contribution is 0.318. The Morgan fingerprint density at radius 2 is 2.15 bits per heavy atom. The van der Waals surface area contributed by atoms with Crippen LogP contribution in [0.25, 0.3) is 0 Å². The molecule has 0 aliphatic carbocycles. The van der Waals surface area contributed by atoms with Crippen LogP contribution >= 0.6 is 0 Å². The lowest BCUT2D eigenvalue weighted by Crippen LogP contribution is -2.27. The van der Waals surface area contributed by atoms with Gasteiger partial charge in [0, 0.05) is 31.5 Å². The minimum Gasteiger partial charge on any atom is -0.497 e. The molecule has 0 bridgehead atoms. The first-order valence-electron chi connectivity index (χ1n) is 5.83. The number of rotatable bonds is 6. The standard InChI is InChI=1S/C12H19N3O4S/c1-15(6-7-20(3,17)18)11-8-9(19-2)4-5-10(11)12(13)14-16/h4-5,8,16H,6-7H2,1-3H3,(H2,13,14). The Morgan fingerprint density at radius 1 is 1.50 bits per heavy atom. The molecule has 0 amide bonds. The molecule has 0 heterocycles. The SMILES string of the molecule is COc1ccc(/C(N)=N/O)c(N(C)CCS(C)(=O)=O)c1. The molecule has 0 spiro atoms. The van der Waals surface area contributed by atoms with Crippen LogP contribution in [-0.2, 0) is 9.84 Å². The van der Waals surface area contributed by atoms with Crippen molar-refractivity contribution >= 4 is 21.4 Å². The normalized spacial score (nSPS) is 12.2. The summed E-state index contributed by atoms with van der Waals surface area (Å²) in [6.07, 6.45) is 1.18. The molecule has 3 N–H and O–H groups in total.